The topological polar surface area (TPSA) is 66.5 Å². The second-order valence-electron chi connectivity index (χ2n) is 5.04. The van der Waals surface area contributed by atoms with Crippen molar-refractivity contribution in [1.82, 2.24) is 4.90 Å². The van der Waals surface area contributed by atoms with Gasteiger partial charge in [0.1, 0.15) is 18.2 Å². The lowest BCUT2D eigenvalue weighted by Gasteiger charge is -2.13. The Morgan fingerprint density at radius 2 is 1.83 bits per heavy atom. The molecule has 0 aliphatic carbocycles. The van der Waals surface area contributed by atoms with E-state index >= 15 is 0 Å². The first-order valence-corrected chi connectivity index (χ1v) is 7.16. The maximum atomic E-state index is 13.7. The van der Waals surface area contributed by atoms with Crippen molar-refractivity contribution in [3.8, 4) is 0 Å². The fourth-order valence-corrected chi connectivity index (χ4v) is 2.53. The van der Waals surface area contributed by atoms with Crippen LogP contribution in [-0.2, 0) is 4.79 Å². The largest absolute Gasteiger partial charge is 0.324 e. The molecule has 8 heteroatoms. The van der Waals surface area contributed by atoms with Gasteiger partial charge >= 0.3 is 0 Å². The standard InChI is InChI=1S/C16H9ClF2N2O3/c17-10-6-8(4-5-11(10)18)20-13(22)7-21-15(23)9-2-1-3-12(19)14(9)16(21)24/h1-6H,7H2,(H,20,22). The Labute approximate surface area is 139 Å². The number of halogens is 3. The van der Waals surface area contributed by atoms with E-state index in [4.69, 9.17) is 11.6 Å². The number of hydrogen-bond donors (Lipinski definition) is 1. The molecule has 1 N–H and O–H groups in total. The summed E-state index contributed by atoms with van der Waals surface area (Å²) in [5, 5.41) is 2.20. The summed E-state index contributed by atoms with van der Waals surface area (Å²) in [5.74, 6) is -3.79. The molecule has 0 unspecified atom stereocenters. The summed E-state index contributed by atoms with van der Waals surface area (Å²) in [7, 11) is 0. The zero-order valence-electron chi connectivity index (χ0n) is 12.0. The molecule has 0 aromatic heterocycles. The van der Waals surface area contributed by atoms with Gasteiger partial charge in [-0.25, -0.2) is 8.78 Å². The lowest BCUT2D eigenvalue weighted by atomic mass is 10.1. The summed E-state index contributed by atoms with van der Waals surface area (Å²) < 4.78 is 26.8. The fraction of sp³-hybridized carbons (Fsp3) is 0.0625. The van der Waals surface area contributed by atoms with Crippen LogP contribution in [0.15, 0.2) is 36.4 Å². The summed E-state index contributed by atoms with van der Waals surface area (Å²) >= 11 is 5.61. The highest BCUT2D eigenvalue weighted by atomic mass is 35.5. The molecule has 1 aliphatic heterocycles. The number of carbonyl (C=O) groups is 3. The first kappa shape index (κ1) is 16.1. The lowest BCUT2D eigenvalue weighted by Crippen LogP contribution is -2.37. The monoisotopic (exact) mass is 350 g/mol. The number of hydrogen-bond acceptors (Lipinski definition) is 3. The Balaban J connectivity index is 1.76. The molecule has 1 aliphatic rings. The molecule has 0 atom stereocenters. The van der Waals surface area contributed by atoms with E-state index in [1.165, 1.54) is 24.3 Å². The Morgan fingerprint density at radius 1 is 1.08 bits per heavy atom. The molecule has 0 spiro atoms. The number of nitrogens with one attached hydrogen (secondary N) is 1. The second-order valence-corrected chi connectivity index (χ2v) is 5.44. The van der Waals surface area contributed by atoms with Gasteiger partial charge in [0.2, 0.25) is 5.91 Å². The van der Waals surface area contributed by atoms with E-state index in [1.54, 1.807) is 0 Å². The van der Waals surface area contributed by atoms with E-state index < -0.39 is 35.9 Å². The molecule has 24 heavy (non-hydrogen) atoms. The van der Waals surface area contributed by atoms with E-state index in [-0.39, 0.29) is 21.8 Å². The zero-order valence-corrected chi connectivity index (χ0v) is 12.7. The number of amides is 3. The number of rotatable bonds is 3. The highest BCUT2D eigenvalue weighted by molar-refractivity contribution is 6.31. The van der Waals surface area contributed by atoms with Crippen molar-refractivity contribution in [3.63, 3.8) is 0 Å². The van der Waals surface area contributed by atoms with Crippen LogP contribution in [-0.4, -0.2) is 29.2 Å². The van der Waals surface area contributed by atoms with Crippen LogP contribution >= 0.6 is 11.6 Å². The van der Waals surface area contributed by atoms with Gasteiger partial charge in [0.25, 0.3) is 11.8 Å². The van der Waals surface area contributed by atoms with E-state index in [0.717, 1.165) is 12.1 Å². The predicted molar refractivity (Wildman–Crippen MR) is 81.8 cm³/mol. The van der Waals surface area contributed by atoms with Crippen LogP contribution in [0.4, 0.5) is 14.5 Å². The Bertz CT molecular complexity index is 886. The van der Waals surface area contributed by atoms with Gasteiger partial charge in [0.05, 0.1) is 16.1 Å². The average Bonchev–Trinajstić information content (AvgIpc) is 2.77. The third kappa shape index (κ3) is 2.74. The predicted octanol–water partition coefficient (Wildman–Crippen LogP) is 2.85. The highest BCUT2D eigenvalue weighted by Crippen LogP contribution is 2.25. The van der Waals surface area contributed by atoms with Crippen molar-refractivity contribution >= 4 is 35.0 Å². The highest BCUT2D eigenvalue weighted by Gasteiger charge is 2.38. The first-order chi connectivity index (χ1) is 11.4. The number of imide groups is 1. The molecular formula is C16H9ClF2N2O3. The maximum absolute atomic E-state index is 13.7. The van der Waals surface area contributed by atoms with Crippen molar-refractivity contribution in [3.05, 3.63) is 64.2 Å². The molecule has 0 bridgehead atoms. The molecule has 2 aromatic rings. The molecular weight excluding hydrogens is 342 g/mol. The van der Waals surface area contributed by atoms with E-state index in [9.17, 15) is 23.2 Å². The summed E-state index contributed by atoms with van der Waals surface area (Å²) in [6.07, 6.45) is 0. The van der Waals surface area contributed by atoms with Gasteiger partial charge in [-0.15, -0.1) is 0 Å². The maximum Gasteiger partial charge on any atom is 0.265 e. The fourth-order valence-electron chi connectivity index (χ4n) is 2.35. The Morgan fingerprint density at radius 3 is 2.50 bits per heavy atom. The third-order valence-corrected chi connectivity index (χ3v) is 3.74. The van der Waals surface area contributed by atoms with Crippen molar-refractivity contribution in [2.45, 2.75) is 0 Å². The van der Waals surface area contributed by atoms with Crippen LogP contribution in [0.3, 0.4) is 0 Å². The minimum absolute atomic E-state index is 0.0855. The van der Waals surface area contributed by atoms with Crippen LogP contribution in [0, 0.1) is 11.6 Å². The van der Waals surface area contributed by atoms with Gasteiger partial charge < -0.3 is 5.32 Å². The Kier molecular flexibility index (Phi) is 4.02. The van der Waals surface area contributed by atoms with E-state index in [2.05, 4.69) is 5.32 Å². The molecule has 3 amide bonds. The molecule has 0 saturated carbocycles. The molecule has 0 fully saturated rings. The molecule has 0 radical (unpaired) electrons. The smallest absolute Gasteiger partial charge is 0.265 e. The molecule has 1 heterocycles. The average molecular weight is 351 g/mol. The van der Waals surface area contributed by atoms with Crippen molar-refractivity contribution in [1.29, 1.82) is 0 Å². The second kappa shape index (κ2) is 6.01. The summed E-state index contributed by atoms with van der Waals surface area (Å²) in [4.78, 5) is 36.9. The number of fused-ring (bicyclic) bond motifs is 1. The van der Waals surface area contributed by atoms with Gasteiger partial charge in [0.15, 0.2) is 0 Å². The normalized spacial score (nSPS) is 13.2. The van der Waals surface area contributed by atoms with Crippen molar-refractivity contribution < 1.29 is 23.2 Å². The van der Waals surface area contributed by atoms with Gasteiger partial charge in [0, 0.05) is 5.69 Å². The van der Waals surface area contributed by atoms with Crippen LogP contribution in [0.1, 0.15) is 20.7 Å². The molecule has 3 rings (SSSR count). The van der Waals surface area contributed by atoms with Gasteiger partial charge in [-0.1, -0.05) is 17.7 Å². The van der Waals surface area contributed by atoms with Crippen LogP contribution < -0.4 is 5.32 Å². The first-order valence-electron chi connectivity index (χ1n) is 6.78. The number of benzene rings is 2. The van der Waals surface area contributed by atoms with Crippen LogP contribution in [0.25, 0.3) is 0 Å². The third-order valence-electron chi connectivity index (χ3n) is 3.45. The van der Waals surface area contributed by atoms with E-state index in [1.807, 2.05) is 0 Å². The minimum atomic E-state index is -0.875. The number of nitrogens with zero attached hydrogens (tertiary/aromatic N) is 1. The zero-order chi connectivity index (χ0) is 17.4. The molecule has 122 valence electrons. The van der Waals surface area contributed by atoms with E-state index in [0.29, 0.717) is 4.90 Å². The molecule has 0 saturated heterocycles. The van der Waals surface area contributed by atoms with Gasteiger partial charge in [-0.05, 0) is 30.3 Å². The number of anilines is 1. The molecule has 5 nitrogen and oxygen atoms in total. The number of carbonyl (C=O) groups excluding carboxylic acids is 3. The van der Waals surface area contributed by atoms with Crippen LogP contribution in [0.2, 0.25) is 5.02 Å². The quantitative estimate of drug-likeness (QED) is 0.866. The Hall–Kier alpha value is -2.80. The summed E-state index contributed by atoms with van der Waals surface area (Å²) in [5.41, 5.74) is -0.230. The SMILES string of the molecule is O=C(CN1C(=O)c2cccc(F)c2C1=O)Nc1ccc(F)c(Cl)c1. The lowest BCUT2D eigenvalue weighted by molar-refractivity contribution is -0.116. The summed E-state index contributed by atoms with van der Waals surface area (Å²) in [6.45, 7) is -0.596. The van der Waals surface area contributed by atoms with Crippen LogP contribution in [0.5, 0.6) is 0 Å². The summed E-state index contributed by atoms with van der Waals surface area (Å²) in [6, 6.07) is 7.22. The van der Waals surface area contributed by atoms with Gasteiger partial charge in [-0.2, -0.15) is 0 Å². The van der Waals surface area contributed by atoms with Gasteiger partial charge in [-0.3, -0.25) is 19.3 Å². The minimum Gasteiger partial charge on any atom is -0.324 e. The molecule has 2 aromatic carbocycles. The van der Waals surface area contributed by atoms with Crippen molar-refractivity contribution in [2.24, 2.45) is 0 Å². The van der Waals surface area contributed by atoms with Crippen molar-refractivity contribution in [2.75, 3.05) is 11.9 Å².